The van der Waals surface area contributed by atoms with Gasteiger partial charge in [0.25, 0.3) is 5.91 Å². The van der Waals surface area contributed by atoms with E-state index in [-0.39, 0.29) is 11.6 Å². The Balaban J connectivity index is 1.66. The molecule has 0 atom stereocenters. The average Bonchev–Trinajstić information content (AvgIpc) is 3.35. The number of carbonyl (C=O) groups is 1. The van der Waals surface area contributed by atoms with Crippen LogP contribution in [0.2, 0.25) is 0 Å². The van der Waals surface area contributed by atoms with Crippen LogP contribution in [0.15, 0.2) is 64.7 Å². The van der Waals surface area contributed by atoms with Gasteiger partial charge < -0.3 is 9.73 Å². The summed E-state index contributed by atoms with van der Waals surface area (Å²) < 4.78 is 7.10. The summed E-state index contributed by atoms with van der Waals surface area (Å²) in [5.74, 6) is 0.707. The Bertz CT molecular complexity index is 1000. The fourth-order valence-corrected chi connectivity index (χ4v) is 3.23. The summed E-state index contributed by atoms with van der Waals surface area (Å²) in [7, 11) is 0. The number of rotatable bonds is 4. The molecule has 0 aliphatic heterocycles. The Morgan fingerprint density at radius 1 is 1.20 bits per heavy atom. The molecule has 0 aliphatic rings. The Labute approximate surface area is 147 Å². The molecule has 1 N–H and O–H groups in total. The van der Waals surface area contributed by atoms with Crippen LogP contribution in [0.25, 0.3) is 16.3 Å². The lowest BCUT2D eigenvalue weighted by atomic mass is 10.3. The monoisotopic (exact) mass is 350 g/mol. The Morgan fingerprint density at radius 3 is 2.80 bits per heavy atom. The maximum atomic E-state index is 12.7. The van der Waals surface area contributed by atoms with E-state index in [9.17, 15) is 4.79 Å². The Kier molecular flexibility index (Phi) is 3.91. The molecule has 124 valence electrons. The third-order valence-electron chi connectivity index (χ3n) is 3.60. The molecule has 4 rings (SSSR count). The molecule has 0 saturated carbocycles. The van der Waals surface area contributed by atoms with Gasteiger partial charge in [0.05, 0.1) is 16.3 Å². The van der Waals surface area contributed by atoms with E-state index in [0.717, 1.165) is 16.3 Å². The second-order valence-electron chi connectivity index (χ2n) is 5.38. The van der Waals surface area contributed by atoms with Crippen molar-refractivity contribution in [2.45, 2.75) is 6.92 Å². The number of hydrogen-bond acceptors (Lipinski definition) is 5. The van der Waals surface area contributed by atoms with Gasteiger partial charge in [-0.1, -0.05) is 24.3 Å². The number of para-hydroxylation sites is 1. The first-order valence-electron chi connectivity index (χ1n) is 7.63. The van der Waals surface area contributed by atoms with Gasteiger partial charge >= 0.3 is 0 Å². The van der Waals surface area contributed by atoms with Crippen molar-refractivity contribution in [2.75, 3.05) is 5.32 Å². The molecule has 0 unspecified atom stereocenters. The third-order valence-corrected chi connectivity index (χ3v) is 4.47. The zero-order valence-corrected chi connectivity index (χ0v) is 14.2. The molecule has 1 aromatic carbocycles. The molecule has 3 heterocycles. The topological polar surface area (TPSA) is 73.0 Å². The Morgan fingerprint density at radius 2 is 2.04 bits per heavy atom. The minimum Gasteiger partial charge on any atom is -0.442 e. The van der Waals surface area contributed by atoms with Gasteiger partial charge in [-0.3, -0.25) is 4.79 Å². The van der Waals surface area contributed by atoms with E-state index in [1.807, 2.05) is 60.8 Å². The third kappa shape index (κ3) is 2.97. The summed E-state index contributed by atoms with van der Waals surface area (Å²) in [6.45, 7) is 1.88. The number of oxazole rings is 1. The number of hydrogen-bond donors (Lipinski definition) is 1. The summed E-state index contributed by atoms with van der Waals surface area (Å²) in [5, 5.41) is 9.25. The second kappa shape index (κ2) is 6.37. The fourth-order valence-electron chi connectivity index (χ4n) is 2.52. The van der Waals surface area contributed by atoms with Crippen molar-refractivity contribution < 1.29 is 9.21 Å². The number of benzene rings is 1. The highest BCUT2D eigenvalue weighted by Crippen LogP contribution is 2.28. The number of anilines is 1. The molecular weight excluding hydrogens is 336 g/mol. The van der Waals surface area contributed by atoms with Crippen LogP contribution in [0.5, 0.6) is 0 Å². The molecule has 1 amide bonds. The van der Waals surface area contributed by atoms with E-state index < -0.39 is 0 Å². The number of thiophene rings is 1. The molecule has 0 fully saturated rings. The predicted octanol–water partition coefficient (Wildman–Crippen LogP) is 4.15. The summed E-state index contributed by atoms with van der Waals surface area (Å²) >= 11 is 1.49. The van der Waals surface area contributed by atoms with Crippen molar-refractivity contribution >= 4 is 23.1 Å². The van der Waals surface area contributed by atoms with Gasteiger partial charge in [-0.05, 0) is 30.5 Å². The molecular formula is C18H14N4O2S. The maximum absolute atomic E-state index is 12.7. The number of nitrogens with zero attached hydrogens (tertiary/aromatic N) is 3. The minimum absolute atomic E-state index is 0.251. The van der Waals surface area contributed by atoms with Gasteiger partial charge in [0.2, 0.25) is 0 Å². The second-order valence-corrected chi connectivity index (χ2v) is 6.33. The lowest BCUT2D eigenvalue weighted by molar-refractivity contribution is 0.102. The van der Waals surface area contributed by atoms with E-state index in [1.54, 1.807) is 4.68 Å². The largest absolute Gasteiger partial charge is 0.442 e. The van der Waals surface area contributed by atoms with Gasteiger partial charge in [-0.25, -0.2) is 9.67 Å². The van der Waals surface area contributed by atoms with E-state index in [1.165, 1.54) is 17.7 Å². The fraction of sp³-hybridized carbons (Fsp3) is 0.0556. The molecule has 25 heavy (non-hydrogen) atoms. The van der Waals surface area contributed by atoms with Crippen LogP contribution in [0.1, 0.15) is 16.2 Å². The summed E-state index contributed by atoms with van der Waals surface area (Å²) in [6.07, 6.45) is 1.28. The van der Waals surface area contributed by atoms with Crippen molar-refractivity contribution in [1.82, 2.24) is 14.8 Å². The number of nitrogens with one attached hydrogen (secondary N) is 1. The SMILES string of the molecule is Cc1cc(NC(=O)c2ncoc2-c2cccs2)n(-c2ccccc2)n1. The van der Waals surface area contributed by atoms with Crippen molar-refractivity contribution in [3.63, 3.8) is 0 Å². The smallest absolute Gasteiger partial charge is 0.279 e. The zero-order valence-electron chi connectivity index (χ0n) is 13.3. The lowest BCUT2D eigenvalue weighted by Crippen LogP contribution is -2.16. The standard InChI is InChI=1S/C18H14N4O2S/c1-12-10-15(22(21-12)13-6-3-2-4-7-13)20-18(23)16-17(24-11-19-16)14-8-5-9-25-14/h2-11H,1H3,(H,20,23). The molecule has 4 aromatic rings. The lowest BCUT2D eigenvalue weighted by Gasteiger charge is -2.08. The van der Waals surface area contributed by atoms with Crippen LogP contribution < -0.4 is 5.32 Å². The van der Waals surface area contributed by atoms with E-state index in [4.69, 9.17) is 4.42 Å². The van der Waals surface area contributed by atoms with E-state index in [2.05, 4.69) is 15.4 Å². The van der Waals surface area contributed by atoms with Crippen molar-refractivity contribution in [2.24, 2.45) is 0 Å². The van der Waals surface area contributed by atoms with Crippen LogP contribution in [-0.2, 0) is 0 Å². The van der Waals surface area contributed by atoms with Crippen LogP contribution in [-0.4, -0.2) is 20.7 Å². The highest BCUT2D eigenvalue weighted by Gasteiger charge is 2.20. The van der Waals surface area contributed by atoms with Gasteiger partial charge in [-0.2, -0.15) is 5.10 Å². The quantitative estimate of drug-likeness (QED) is 0.600. The van der Waals surface area contributed by atoms with Crippen LogP contribution in [0.3, 0.4) is 0 Å². The molecule has 0 spiro atoms. The van der Waals surface area contributed by atoms with Gasteiger partial charge in [0.1, 0.15) is 5.82 Å². The molecule has 0 saturated heterocycles. The van der Waals surface area contributed by atoms with Crippen LogP contribution in [0.4, 0.5) is 5.82 Å². The number of carbonyl (C=O) groups excluding carboxylic acids is 1. The molecule has 0 aliphatic carbocycles. The van der Waals surface area contributed by atoms with Gasteiger partial charge in [-0.15, -0.1) is 11.3 Å². The van der Waals surface area contributed by atoms with Crippen LogP contribution in [0, 0.1) is 6.92 Å². The number of amides is 1. The highest BCUT2D eigenvalue weighted by molar-refractivity contribution is 7.13. The van der Waals surface area contributed by atoms with Crippen LogP contribution >= 0.6 is 11.3 Å². The maximum Gasteiger partial charge on any atom is 0.279 e. The van der Waals surface area contributed by atoms with E-state index in [0.29, 0.717) is 11.6 Å². The van der Waals surface area contributed by atoms with Gasteiger partial charge in [0, 0.05) is 6.07 Å². The first-order valence-corrected chi connectivity index (χ1v) is 8.51. The highest BCUT2D eigenvalue weighted by atomic mass is 32.1. The predicted molar refractivity (Wildman–Crippen MR) is 96.1 cm³/mol. The van der Waals surface area contributed by atoms with Crippen molar-refractivity contribution in [1.29, 1.82) is 0 Å². The Hall–Kier alpha value is -3.19. The minimum atomic E-state index is -0.339. The summed E-state index contributed by atoms with van der Waals surface area (Å²) in [4.78, 5) is 17.6. The first kappa shape index (κ1) is 15.3. The molecule has 6 nitrogen and oxygen atoms in total. The van der Waals surface area contributed by atoms with Crippen molar-refractivity contribution in [3.05, 3.63) is 71.7 Å². The van der Waals surface area contributed by atoms with E-state index >= 15 is 0 Å². The van der Waals surface area contributed by atoms with Gasteiger partial charge in [0.15, 0.2) is 17.8 Å². The first-order chi connectivity index (χ1) is 12.2. The number of aromatic nitrogens is 3. The zero-order chi connectivity index (χ0) is 17.2. The molecule has 7 heteroatoms. The summed E-state index contributed by atoms with van der Waals surface area (Å²) in [6, 6.07) is 15.2. The normalized spacial score (nSPS) is 10.8. The molecule has 3 aromatic heterocycles. The number of aryl methyl sites for hydroxylation is 1. The summed E-state index contributed by atoms with van der Waals surface area (Å²) in [5.41, 5.74) is 1.92. The molecule has 0 bridgehead atoms. The molecule has 0 radical (unpaired) electrons. The average molecular weight is 350 g/mol. The van der Waals surface area contributed by atoms with Crippen molar-refractivity contribution in [3.8, 4) is 16.3 Å².